The van der Waals surface area contributed by atoms with E-state index >= 15 is 0 Å². The third-order valence-electron chi connectivity index (χ3n) is 4.25. The van der Waals surface area contributed by atoms with E-state index in [1.807, 2.05) is 35.7 Å². The molecule has 22 heavy (non-hydrogen) atoms. The smallest absolute Gasteiger partial charge is 0.157 e. The van der Waals surface area contributed by atoms with E-state index in [0.29, 0.717) is 0 Å². The molecule has 0 saturated carbocycles. The Morgan fingerprint density at radius 1 is 1.23 bits per heavy atom. The van der Waals surface area contributed by atoms with Crippen LogP contribution in [0.2, 0.25) is 5.02 Å². The molecule has 0 spiro atoms. The van der Waals surface area contributed by atoms with Crippen LogP contribution < -0.4 is 4.90 Å². The highest BCUT2D eigenvalue weighted by Crippen LogP contribution is 2.32. The Morgan fingerprint density at radius 2 is 2.05 bits per heavy atom. The maximum Gasteiger partial charge on any atom is 0.157 e. The first-order valence-electron chi connectivity index (χ1n) is 7.47. The lowest BCUT2D eigenvalue weighted by Crippen LogP contribution is -2.22. The van der Waals surface area contributed by atoms with Crippen LogP contribution >= 0.6 is 11.6 Å². The first-order valence-corrected chi connectivity index (χ1v) is 7.85. The van der Waals surface area contributed by atoms with Crippen molar-refractivity contribution < 1.29 is 0 Å². The van der Waals surface area contributed by atoms with Crippen LogP contribution in [-0.4, -0.2) is 21.1 Å². The van der Waals surface area contributed by atoms with E-state index in [9.17, 15) is 0 Å². The lowest BCUT2D eigenvalue weighted by molar-refractivity contribution is 0.795. The number of aryl methyl sites for hydroxylation is 2. The van der Waals surface area contributed by atoms with Crippen LogP contribution in [0.25, 0.3) is 5.65 Å². The van der Waals surface area contributed by atoms with Gasteiger partial charge in [-0.15, -0.1) is 0 Å². The largest absolute Gasteiger partial charge is 0.351 e. The fourth-order valence-electron chi connectivity index (χ4n) is 3.21. The van der Waals surface area contributed by atoms with Crippen molar-refractivity contribution in [2.24, 2.45) is 0 Å². The molecule has 3 aromatic rings. The summed E-state index contributed by atoms with van der Waals surface area (Å²) in [6.45, 7) is 5.86. The van der Waals surface area contributed by atoms with E-state index in [1.165, 1.54) is 5.56 Å². The van der Waals surface area contributed by atoms with Crippen molar-refractivity contribution in [3.05, 3.63) is 57.9 Å². The zero-order chi connectivity index (χ0) is 15.3. The first kappa shape index (κ1) is 13.6. The number of benzene rings is 1. The molecule has 0 amide bonds. The Kier molecular flexibility index (Phi) is 3.08. The van der Waals surface area contributed by atoms with E-state index in [4.69, 9.17) is 11.6 Å². The molecule has 0 N–H and O–H groups in total. The van der Waals surface area contributed by atoms with Crippen molar-refractivity contribution in [3.8, 4) is 0 Å². The second-order valence-corrected chi connectivity index (χ2v) is 6.23. The number of nitrogens with zero attached hydrogens (tertiary/aromatic N) is 4. The number of fused-ring (bicyclic) bond motifs is 3. The fourth-order valence-corrected chi connectivity index (χ4v) is 3.40. The van der Waals surface area contributed by atoms with Gasteiger partial charge in [0.15, 0.2) is 5.65 Å². The molecule has 0 radical (unpaired) electrons. The second-order valence-electron chi connectivity index (χ2n) is 5.82. The Bertz CT molecular complexity index is 868. The summed E-state index contributed by atoms with van der Waals surface area (Å²) in [7, 11) is 0. The zero-order valence-corrected chi connectivity index (χ0v) is 13.4. The van der Waals surface area contributed by atoms with Gasteiger partial charge in [0, 0.05) is 35.4 Å². The Labute approximate surface area is 134 Å². The molecule has 4 rings (SSSR count). The van der Waals surface area contributed by atoms with Crippen LogP contribution in [0.3, 0.4) is 0 Å². The quantitative estimate of drug-likeness (QED) is 0.725. The summed E-state index contributed by atoms with van der Waals surface area (Å²) in [5.74, 6) is 1.16. The van der Waals surface area contributed by atoms with Gasteiger partial charge in [-0.1, -0.05) is 29.8 Å². The molecule has 1 aromatic carbocycles. The SMILES string of the molecule is Cc1cc2nc(C)c3c(n2n1)N(Cc1ccccc1Cl)CC3. The van der Waals surface area contributed by atoms with Crippen LogP contribution in [0.4, 0.5) is 5.82 Å². The van der Waals surface area contributed by atoms with Crippen molar-refractivity contribution in [2.75, 3.05) is 11.4 Å². The van der Waals surface area contributed by atoms with E-state index in [2.05, 4.69) is 28.0 Å². The van der Waals surface area contributed by atoms with Crippen LogP contribution in [0.5, 0.6) is 0 Å². The topological polar surface area (TPSA) is 33.4 Å². The average Bonchev–Trinajstić information content (AvgIpc) is 3.05. The van der Waals surface area contributed by atoms with Crippen LogP contribution in [0.15, 0.2) is 30.3 Å². The van der Waals surface area contributed by atoms with Gasteiger partial charge in [0.05, 0.1) is 5.69 Å². The van der Waals surface area contributed by atoms with Crippen molar-refractivity contribution in [1.82, 2.24) is 14.6 Å². The summed E-state index contributed by atoms with van der Waals surface area (Å²) in [6.07, 6.45) is 1.01. The van der Waals surface area contributed by atoms with Gasteiger partial charge < -0.3 is 4.90 Å². The minimum atomic E-state index is 0.796. The van der Waals surface area contributed by atoms with E-state index < -0.39 is 0 Å². The van der Waals surface area contributed by atoms with Crippen LogP contribution in [0, 0.1) is 13.8 Å². The molecular formula is C17H17ClN4. The molecular weight excluding hydrogens is 296 g/mol. The molecule has 1 aliphatic heterocycles. The van der Waals surface area contributed by atoms with Gasteiger partial charge in [-0.3, -0.25) is 0 Å². The maximum absolute atomic E-state index is 6.32. The Hall–Kier alpha value is -2.07. The molecule has 0 aliphatic carbocycles. The average molecular weight is 313 g/mol. The maximum atomic E-state index is 6.32. The summed E-state index contributed by atoms with van der Waals surface area (Å²) in [6, 6.07) is 10.1. The second kappa shape index (κ2) is 4.99. The van der Waals surface area contributed by atoms with Gasteiger partial charge in [0.25, 0.3) is 0 Å². The van der Waals surface area contributed by atoms with Gasteiger partial charge in [0.2, 0.25) is 0 Å². The van der Waals surface area contributed by atoms with Crippen molar-refractivity contribution >= 4 is 23.1 Å². The molecule has 0 unspecified atom stereocenters. The third-order valence-corrected chi connectivity index (χ3v) is 4.62. The monoisotopic (exact) mass is 312 g/mol. The molecule has 5 heteroatoms. The summed E-state index contributed by atoms with van der Waals surface area (Å²) in [4.78, 5) is 7.03. The number of hydrogen-bond donors (Lipinski definition) is 0. The molecule has 0 fully saturated rings. The molecule has 0 bridgehead atoms. The van der Waals surface area contributed by atoms with Gasteiger partial charge in [-0.25, -0.2) is 4.98 Å². The van der Waals surface area contributed by atoms with Crippen LogP contribution in [0.1, 0.15) is 22.5 Å². The summed E-state index contributed by atoms with van der Waals surface area (Å²) >= 11 is 6.32. The zero-order valence-electron chi connectivity index (χ0n) is 12.7. The highest BCUT2D eigenvalue weighted by Gasteiger charge is 2.26. The Balaban J connectivity index is 1.83. The van der Waals surface area contributed by atoms with E-state index in [-0.39, 0.29) is 0 Å². The normalized spacial score (nSPS) is 13.9. The van der Waals surface area contributed by atoms with E-state index in [1.54, 1.807) is 0 Å². The molecule has 112 valence electrons. The number of anilines is 1. The molecule has 4 nitrogen and oxygen atoms in total. The lowest BCUT2D eigenvalue weighted by Gasteiger charge is -2.21. The summed E-state index contributed by atoms with van der Waals surface area (Å²) in [5, 5.41) is 5.43. The van der Waals surface area contributed by atoms with E-state index in [0.717, 1.165) is 52.9 Å². The van der Waals surface area contributed by atoms with Gasteiger partial charge >= 0.3 is 0 Å². The predicted octanol–water partition coefficient (Wildman–Crippen LogP) is 3.56. The number of aromatic nitrogens is 3. The molecule has 0 atom stereocenters. The predicted molar refractivity (Wildman–Crippen MR) is 88.7 cm³/mol. The first-order chi connectivity index (χ1) is 10.6. The van der Waals surface area contributed by atoms with Crippen molar-refractivity contribution in [1.29, 1.82) is 0 Å². The summed E-state index contributed by atoms with van der Waals surface area (Å²) in [5.41, 5.74) is 5.44. The molecule has 1 aliphatic rings. The highest BCUT2D eigenvalue weighted by molar-refractivity contribution is 6.31. The number of rotatable bonds is 2. The van der Waals surface area contributed by atoms with Gasteiger partial charge in [0.1, 0.15) is 5.82 Å². The molecule has 3 heterocycles. The summed E-state index contributed by atoms with van der Waals surface area (Å²) < 4.78 is 1.97. The molecule has 0 saturated heterocycles. The standard InChI is InChI=1S/C17H17ClN4/c1-11-9-16-19-12(2)14-7-8-21(17(14)22(16)20-11)10-13-5-3-4-6-15(13)18/h3-6,9H,7-8,10H2,1-2H3. The van der Waals surface area contributed by atoms with Gasteiger partial charge in [-0.2, -0.15) is 9.61 Å². The minimum Gasteiger partial charge on any atom is -0.351 e. The van der Waals surface area contributed by atoms with Crippen LogP contribution in [-0.2, 0) is 13.0 Å². The van der Waals surface area contributed by atoms with Crippen molar-refractivity contribution in [3.63, 3.8) is 0 Å². The Morgan fingerprint density at radius 3 is 2.86 bits per heavy atom. The minimum absolute atomic E-state index is 0.796. The van der Waals surface area contributed by atoms with Crippen molar-refractivity contribution in [2.45, 2.75) is 26.8 Å². The number of hydrogen-bond acceptors (Lipinski definition) is 3. The third kappa shape index (κ3) is 2.06. The lowest BCUT2D eigenvalue weighted by atomic mass is 10.2. The highest BCUT2D eigenvalue weighted by atomic mass is 35.5. The fraction of sp³-hybridized carbons (Fsp3) is 0.294. The number of halogens is 1. The van der Waals surface area contributed by atoms with Gasteiger partial charge in [-0.05, 0) is 31.9 Å². The molecule has 2 aromatic heterocycles.